The van der Waals surface area contributed by atoms with Crippen LogP contribution in [-0.2, 0) is 0 Å². The first kappa shape index (κ1) is 11.0. The third kappa shape index (κ3) is 2.47. The molecule has 0 radical (unpaired) electrons. The van der Waals surface area contributed by atoms with Crippen molar-refractivity contribution in [3.8, 4) is 5.75 Å². The van der Waals surface area contributed by atoms with Gasteiger partial charge in [-0.1, -0.05) is 11.6 Å². The average molecular weight is 214 g/mol. The van der Waals surface area contributed by atoms with Gasteiger partial charge in [0.25, 0.3) is 0 Å². The zero-order valence-corrected chi connectivity index (χ0v) is 8.89. The fourth-order valence-electron chi connectivity index (χ4n) is 1.15. The molecule has 0 aliphatic carbocycles. The van der Waals surface area contributed by atoms with E-state index in [4.69, 9.17) is 16.3 Å². The standard InChI is InChI=1S/C10H12ClNO2/c1-12-6-9(13)8-4-3-7(11)5-10(8)14-2/h3-5,12H,6H2,1-2H3. The van der Waals surface area contributed by atoms with Crippen molar-refractivity contribution in [2.75, 3.05) is 20.7 Å². The van der Waals surface area contributed by atoms with Gasteiger partial charge >= 0.3 is 0 Å². The lowest BCUT2D eigenvalue weighted by Gasteiger charge is -2.07. The molecular formula is C10H12ClNO2. The molecule has 76 valence electrons. The number of carbonyl (C=O) groups is 1. The number of benzene rings is 1. The second-order valence-electron chi connectivity index (χ2n) is 2.80. The minimum Gasteiger partial charge on any atom is -0.496 e. The summed E-state index contributed by atoms with van der Waals surface area (Å²) in [6.45, 7) is 0.290. The maximum Gasteiger partial charge on any atom is 0.180 e. The zero-order chi connectivity index (χ0) is 10.6. The van der Waals surface area contributed by atoms with Crippen LogP contribution in [0, 0.1) is 0 Å². The van der Waals surface area contributed by atoms with Crippen LogP contribution in [0.4, 0.5) is 0 Å². The summed E-state index contributed by atoms with van der Waals surface area (Å²) >= 11 is 5.77. The van der Waals surface area contributed by atoms with Gasteiger partial charge in [-0.25, -0.2) is 0 Å². The summed E-state index contributed by atoms with van der Waals surface area (Å²) < 4.78 is 5.06. The van der Waals surface area contributed by atoms with Crippen molar-refractivity contribution in [3.63, 3.8) is 0 Å². The van der Waals surface area contributed by atoms with Gasteiger partial charge in [0, 0.05) is 5.02 Å². The van der Waals surface area contributed by atoms with Gasteiger partial charge in [0.05, 0.1) is 19.2 Å². The molecule has 1 aromatic rings. The molecule has 0 saturated heterocycles. The van der Waals surface area contributed by atoms with Gasteiger partial charge in [0.15, 0.2) is 5.78 Å². The Hall–Kier alpha value is -1.06. The third-order valence-corrected chi connectivity index (χ3v) is 2.04. The molecule has 0 saturated carbocycles. The van der Waals surface area contributed by atoms with Gasteiger partial charge in [-0.05, 0) is 25.2 Å². The van der Waals surface area contributed by atoms with Crippen molar-refractivity contribution in [2.45, 2.75) is 0 Å². The summed E-state index contributed by atoms with van der Waals surface area (Å²) in [7, 11) is 3.24. The predicted octanol–water partition coefficient (Wildman–Crippen LogP) is 1.75. The van der Waals surface area contributed by atoms with Crippen LogP contribution in [0.5, 0.6) is 5.75 Å². The minimum absolute atomic E-state index is 0.0129. The largest absolute Gasteiger partial charge is 0.496 e. The van der Waals surface area contributed by atoms with E-state index in [9.17, 15) is 4.79 Å². The molecule has 4 heteroatoms. The molecule has 0 heterocycles. The number of methoxy groups -OCH3 is 1. The minimum atomic E-state index is -0.0129. The first-order valence-corrected chi connectivity index (χ1v) is 4.58. The van der Waals surface area contributed by atoms with Crippen LogP contribution in [0.1, 0.15) is 10.4 Å². The fourth-order valence-corrected chi connectivity index (χ4v) is 1.31. The molecular weight excluding hydrogens is 202 g/mol. The van der Waals surface area contributed by atoms with E-state index in [1.54, 1.807) is 25.2 Å². The summed E-state index contributed by atoms with van der Waals surface area (Å²) in [5.41, 5.74) is 0.547. The maximum absolute atomic E-state index is 11.6. The van der Waals surface area contributed by atoms with Crippen LogP contribution in [-0.4, -0.2) is 26.5 Å². The fraction of sp³-hybridized carbons (Fsp3) is 0.300. The summed E-state index contributed by atoms with van der Waals surface area (Å²) in [5.74, 6) is 0.499. The van der Waals surface area contributed by atoms with E-state index in [0.717, 1.165) is 0 Å². The second-order valence-corrected chi connectivity index (χ2v) is 3.23. The highest BCUT2D eigenvalue weighted by molar-refractivity contribution is 6.30. The number of hydrogen-bond donors (Lipinski definition) is 1. The Balaban J connectivity index is 3.01. The van der Waals surface area contributed by atoms with Crippen molar-refractivity contribution in [1.82, 2.24) is 5.32 Å². The third-order valence-electron chi connectivity index (χ3n) is 1.80. The molecule has 1 aromatic carbocycles. The molecule has 0 aliphatic heterocycles. The lowest BCUT2D eigenvalue weighted by Crippen LogP contribution is -2.19. The summed E-state index contributed by atoms with van der Waals surface area (Å²) in [4.78, 5) is 11.6. The molecule has 0 aliphatic rings. The first-order valence-electron chi connectivity index (χ1n) is 4.20. The quantitative estimate of drug-likeness (QED) is 0.775. The molecule has 0 unspecified atom stereocenters. The monoisotopic (exact) mass is 213 g/mol. The van der Waals surface area contributed by atoms with Crippen LogP contribution in [0.3, 0.4) is 0 Å². The zero-order valence-electron chi connectivity index (χ0n) is 8.13. The van der Waals surface area contributed by atoms with Gasteiger partial charge in [-0.15, -0.1) is 0 Å². The smallest absolute Gasteiger partial charge is 0.180 e. The Morgan fingerprint density at radius 3 is 2.86 bits per heavy atom. The number of halogens is 1. The topological polar surface area (TPSA) is 38.3 Å². The van der Waals surface area contributed by atoms with Crippen LogP contribution in [0.25, 0.3) is 0 Å². The van der Waals surface area contributed by atoms with E-state index < -0.39 is 0 Å². The Morgan fingerprint density at radius 2 is 2.29 bits per heavy atom. The molecule has 0 aromatic heterocycles. The molecule has 3 nitrogen and oxygen atoms in total. The number of carbonyl (C=O) groups excluding carboxylic acids is 1. The molecule has 0 fully saturated rings. The number of ketones is 1. The molecule has 1 N–H and O–H groups in total. The van der Waals surface area contributed by atoms with Crippen LogP contribution < -0.4 is 10.1 Å². The van der Waals surface area contributed by atoms with E-state index in [1.807, 2.05) is 0 Å². The number of likely N-dealkylation sites (N-methyl/N-ethyl adjacent to an activating group) is 1. The maximum atomic E-state index is 11.6. The number of nitrogens with one attached hydrogen (secondary N) is 1. The van der Waals surface area contributed by atoms with E-state index in [-0.39, 0.29) is 12.3 Å². The molecule has 0 spiro atoms. The second kappa shape index (κ2) is 4.98. The summed E-state index contributed by atoms with van der Waals surface area (Å²) in [6, 6.07) is 4.97. The Bertz CT molecular complexity index is 339. The van der Waals surface area contributed by atoms with Crippen molar-refractivity contribution in [3.05, 3.63) is 28.8 Å². The summed E-state index contributed by atoms with van der Waals surface area (Å²) in [5, 5.41) is 3.35. The van der Waals surface area contributed by atoms with E-state index in [0.29, 0.717) is 16.3 Å². The van der Waals surface area contributed by atoms with Crippen molar-refractivity contribution < 1.29 is 9.53 Å². The molecule has 0 amide bonds. The van der Waals surface area contributed by atoms with E-state index in [2.05, 4.69) is 5.32 Å². The van der Waals surface area contributed by atoms with Crippen molar-refractivity contribution in [1.29, 1.82) is 0 Å². The highest BCUT2D eigenvalue weighted by Crippen LogP contribution is 2.23. The van der Waals surface area contributed by atoms with Crippen LogP contribution in [0.2, 0.25) is 5.02 Å². The van der Waals surface area contributed by atoms with Gasteiger partial charge in [0.2, 0.25) is 0 Å². The lowest BCUT2D eigenvalue weighted by atomic mass is 10.1. The number of ether oxygens (including phenoxy) is 1. The number of hydrogen-bond acceptors (Lipinski definition) is 3. The highest BCUT2D eigenvalue weighted by atomic mass is 35.5. The van der Waals surface area contributed by atoms with Crippen LogP contribution >= 0.6 is 11.6 Å². The normalized spacial score (nSPS) is 9.93. The van der Waals surface area contributed by atoms with Crippen LogP contribution in [0.15, 0.2) is 18.2 Å². The predicted molar refractivity (Wildman–Crippen MR) is 56.3 cm³/mol. The Labute approximate surface area is 88.0 Å². The first-order chi connectivity index (χ1) is 6.69. The van der Waals surface area contributed by atoms with E-state index in [1.165, 1.54) is 7.11 Å². The van der Waals surface area contributed by atoms with Crippen molar-refractivity contribution >= 4 is 17.4 Å². The SMILES string of the molecule is CNCC(=O)c1ccc(Cl)cc1OC. The van der Waals surface area contributed by atoms with Gasteiger partial charge in [-0.2, -0.15) is 0 Å². The number of rotatable bonds is 4. The lowest BCUT2D eigenvalue weighted by molar-refractivity contribution is 0.0990. The average Bonchev–Trinajstić information content (AvgIpc) is 2.17. The Morgan fingerprint density at radius 1 is 1.57 bits per heavy atom. The van der Waals surface area contributed by atoms with Crippen molar-refractivity contribution in [2.24, 2.45) is 0 Å². The molecule has 0 bridgehead atoms. The number of Topliss-reactive ketones (excluding diaryl/α,β-unsaturated/α-hetero) is 1. The Kier molecular flexibility index (Phi) is 3.92. The van der Waals surface area contributed by atoms with Gasteiger partial charge < -0.3 is 10.1 Å². The van der Waals surface area contributed by atoms with Gasteiger partial charge in [0.1, 0.15) is 5.75 Å². The molecule has 1 rings (SSSR count). The highest BCUT2D eigenvalue weighted by Gasteiger charge is 2.11. The van der Waals surface area contributed by atoms with E-state index >= 15 is 0 Å². The summed E-state index contributed by atoms with van der Waals surface area (Å²) in [6.07, 6.45) is 0. The molecule has 14 heavy (non-hydrogen) atoms. The molecule has 0 atom stereocenters. The van der Waals surface area contributed by atoms with Gasteiger partial charge in [-0.3, -0.25) is 4.79 Å².